The molecule has 1 unspecified atom stereocenters. The zero-order chi connectivity index (χ0) is 9.85. The summed E-state index contributed by atoms with van der Waals surface area (Å²) in [5.41, 5.74) is 0. The Hall–Kier alpha value is -0.280. The highest BCUT2D eigenvalue weighted by atomic mass is 17.0. The molecular weight excluding hydrogens is 184 g/mol. The van der Waals surface area contributed by atoms with Gasteiger partial charge in [-0.25, -0.2) is 0 Å². The highest BCUT2D eigenvalue weighted by Gasteiger charge is 2.81. The van der Waals surface area contributed by atoms with E-state index in [1.165, 1.54) is 0 Å². The average molecular weight is 194 g/mol. The van der Waals surface area contributed by atoms with Gasteiger partial charge in [0.15, 0.2) is 0 Å². The van der Waals surface area contributed by atoms with Crippen molar-refractivity contribution < 1.29 is 35.0 Å². The molecule has 13 heavy (non-hydrogen) atoms. The highest BCUT2D eigenvalue weighted by Crippen LogP contribution is 2.52. The van der Waals surface area contributed by atoms with Crippen molar-refractivity contribution in [2.45, 2.75) is 30.1 Å². The molecule has 2 saturated heterocycles. The molecule has 0 aromatic heterocycles. The first-order valence-electron chi connectivity index (χ1n) is 3.74. The van der Waals surface area contributed by atoms with Crippen molar-refractivity contribution in [2.75, 3.05) is 6.61 Å². The van der Waals surface area contributed by atoms with Crippen molar-refractivity contribution in [3.05, 3.63) is 0 Å². The molecule has 7 heteroatoms. The van der Waals surface area contributed by atoms with Gasteiger partial charge in [-0.3, -0.25) is 4.74 Å². The third kappa shape index (κ3) is 0.974. The van der Waals surface area contributed by atoms with E-state index in [0.717, 1.165) is 0 Å². The quantitative estimate of drug-likeness (QED) is 0.274. The van der Waals surface area contributed by atoms with Gasteiger partial charge in [0.25, 0.3) is 5.79 Å². The van der Waals surface area contributed by atoms with Crippen LogP contribution in [0, 0.1) is 0 Å². The minimum atomic E-state index is -2.31. The number of rotatable bonds is 1. The van der Waals surface area contributed by atoms with E-state index in [-0.39, 0.29) is 0 Å². The molecule has 2 fully saturated rings. The lowest BCUT2D eigenvalue weighted by Gasteiger charge is -2.32. The van der Waals surface area contributed by atoms with Gasteiger partial charge in [-0.2, -0.15) is 0 Å². The van der Waals surface area contributed by atoms with E-state index in [9.17, 15) is 20.4 Å². The van der Waals surface area contributed by atoms with E-state index in [4.69, 9.17) is 5.11 Å². The fourth-order valence-corrected chi connectivity index (χ4v) is 1.40. The van der Waals surface area contributed by atoms with Crippen LogP contribution in [-0.2, 0) is 9.47 Å². The maximum Gasteiger partial charge on any atom is 0.344 e. The van der Waals surface area contributed by atoms with E-state index in [0.29, 0.717) is 0 Å². The van der Waals surface area contributed by atoms with E-state index in [2.05, 4.69) is 9.47 Å². The van der Waals surface area contributed by atoms with Crippen molar-refractivity contribution in [3.8, 4) is 0 Å². The fraction of sp³-hybridized carbons (Fsp3) is 1.00. The average Bonchev–Trinajstić information content (AvgIpc) is 2.64. The largest absolute Gasteiger partial charge is 0.394 e. The number of hydrogen-bond donors (Lipinski definition) is 5. The second-order valence-corrected chi connectivity index (χ2v) is 3.15. The Morgan fingerprint density at radius 2 is 1.85 bits per heavy atom. The lowest BCUT2D eigenvalue weighted by molar-refractivity contribution is -0.294. The molecule has 5 atom stereocenters. The Morgan fingerprint density at radius 1 is 1.23 bits per heavy atom. The molecule has 5 N–H and O–H groups in total. The summed E-state index contributed by atoms with van der Waals surface area (Å²) in [6, 6.07) is 0. The van der Waals surface area contributed by atoms with Gasteiger partial charge < -0.3 is 30.3 Å². The zero-order valence-corrected chi connectivity index (χ0v) is 6.49. The molecule has 0 spiro atoms. The summed E-state index contributed by atoms with van der Waals surface area (Å²) in [4.78, 5) is 0. The Balaban J connectivity index is 2.21. The molecule has 0 bridgehead atoms. The van der Waals surface area contributed by atoms with Gasteiger partial charge in [0.1, 0.15) is 18.3 Å². The fourth-order valence-electron chi connectivity index (χ4n) is 1.40. The van der Waals surface area contributed by atoms with Crippen LogP contribution in [0.1, 0.15) is 0 Å². The van der Waals surface area contributed by atoms with Crippen molar-refractivity contribution in [2.24, 2.45) is 0 Å². The first kappa shape index (κ1) is 9.28. The standard InChI is InChI=1S/C6H10O7/c7-1-2-3(8)4(9)5(10)6(11,12-2)13-5/h2-4,7-11H,1H2/t2-,3-,4+,5-,6?/m1/s1. The molecule has 0 saturated carbocycles. The predicted octanol–water partition coefficient (Wildman–Crippen LogP) is -3.54. The normalized spacial score (nSPS) is 60.2. The maximum atomic E-state index is 9.27. The molecular formula is C6H10O7. The minimum Gasteiger partial charge on any atom is -0.394 e. The lowest BCUT2D eigenvalue weighted by Crippen LogP contribution is -2.58. The monoisotopic (exact) mass is 194 g/mol. The van der Waals surface area contributed by atoms with Crippen LogP contribution in [0.25, 0.3) is 0 Å². The van der Waals surface area contributed by atoms with Gasteiger partial charge in [0, 0.05) is 0 Å². The van der Waals surface area contributed by atoms with Crippen LogP contribution in [-0.4, -0.2) is 62.2 Å². The van der Waals surface area contributed by atoms with Gasteiger partial charge in [-0.15, -0.1) is 0 Å². The van der Waals surface area contributed by atoms with Crippen LogP contribution in [0.4, 0.5) is 0 Å². The third-order valence-electron chi connectivity index (χ3n) is 2.30. The molecule has 76 valence electrons. The molecule has 2 aliphatic heterocycles. The number of fused-ring (bicyclic) bond motifs is 1. The van der Waals surface area contributed by atoms with Gasteiger partial charge in [0.05, 0.1) is 6.61 Å². The first-order chi connectivity index (χ1) is 5.94. The van der Waals surface area contributed by atoms with E-state index in [1.807, 2.05) is 0 Å². The summed E-state index contributed by atoms with van der Waals surface area (Å²) in [5, 5.41) is 45.6. The number of ether oxygens (including phenoxy) is 2. The van der Waals surface area contributed by atoms with Crippen LogP contribution in [0.5, 0.6) is 0 Å². The van der Waals surface area contributed by atoms with E-state index < -0.39 is 36.7 Å². The summed E-state index contributed by atoms with van der Waals surface area (Å²) in [6.45, 7) is -0.597. The molecule has 0 radical (unpaired) electrons. The van der Waals surface area contributed by atoms with Crippen molar-refractivity contribution in [1.82, 2.24) is 0 Å². The second kappa shape index (κ2) is 2.39. The summed E-state index contributed by atoms with van der Waals surface area (Å²) in [7, 11) is 0. The predicted molar refractivity (Wildman–Crippen MR) is 35.0 cm³/mol. The first-order valence-corrected chi connectivity index (χ1v) is 3.74. The summed E-state index contributed by atoms with van der Waals surface area (Å²) >= 11 is 0. The Kier molecular flexibility index (Phi) is 1.71. The lowest BCUT2D eigenvalue weighted by atomic mass is 9.99. The molecule has 2 rings (SSSR count). The Morgan fingerprint density at radius 3 is 2.38 bits per heavy atom. The Bertz CT molecular complexity index is 233. The number of hydrogen-bond acceptors (Lipinski definition) is 7. The summed E-state index contributed by atoms with van der Waals surface area (Å²) in [5.74, 6) is -4.59. The van der Waals surface area contributed by atoms with Crippen LogP contribution >= 0.6 is 0 Å². The molecule has 0 amide bonds. The molecule has 0 aromatic carbocycles. The number of aliphatic hydroxyl groups excluding tert-OH is 3. The Labute approximate surface area is 72.8 Å². The molecule has 0 aliphatic carbocycles. The van der Waals surface area contributed by atoms with Gasteiger partial charge in [-0.05, 0) is 0 Å². The molecule has 7 nitrogen and oxygen atoms in total. The van der Waals surface area contributed by atoms with Crippen LogP contribution in [0.3, 0.4) is 0 Å². The van der Waals surface area contributed by atoms with Crippen LogP contribution < -0.4 is 0 Å². The second-order valence-electron chi connectivity index (χ2n) is 3.15. The smallest absolute Gasteiger partial charge is 0.344 e. The van der Waals surface area contributed by atoms with E-state index in [1.54, 1.807) is 0 Å². The van der Waals surface area contributed by atoms with E-state index >= 15 is 0 Å². The topological polar surface area (TPSA) is 123 Å². The minimum absolute atomic E-state index is 0.597. The SMILES string of the molecule is OC[C@H]1OC2(O)O[C@]2(O)[C@@H](O)[C@@H]1O. The van der Waals surface area contributed by atoms with Crippen LogP contribution in [0.2, 0.25) is 0 Å². The zero-order valence-electron chi connectivity index (χ0n) is 6.49. The van der Waals surface area contributed by atoms with Crippen molar-refractivity contribution in [1.29, 1.82) is 0 Å². The summed E-state index contributed by atoms with van der Waals surface area (Å²) in [6.07, 6.45) is -4.39. The molecule has 2 heterocycles. The number of epoxide rings is 1. The number of aliphatic hydroxyl groups is 5. The molecule has 2 aliphatic rings. The molecule has 0 aromatic rings. The van der Waals surface area contributed by atoms with Crippen molar-refractivity contribution >= 4 is 0 Å². The third-order valence-corrected chi connectivity index (χ3v) is 2.30. The van der Waals surface area contributed by atoms with Gasteiger partial charge in [0.2, 0.25) is 0 Å². The van der Waals surface area contributed by atoms with Crippen LogP contribution in [0.15, 0.2) is 0 Å². The highest BCUT2D eigenvalue weighted by molar-refractivity contribution is 5.07. The summed E-state index contributed by atoms with van der Waals surface area (Å²) < 4.78 is 8.94. The van der Waals surface area contributed by atoms with Crippen molar-refractivity contribution in [3.63, 3.8) is 0 Å². The van der Waals surface area contributed by atoms with Gasteiger partial charge >= 0.3 is 5.97 Å². The van der Waals surface area contributed by atoms with Gasteiger partial charge in [-0.1, -0.05) is 0 Å². The maximum absolute atomic E-state index is 9.27.